The zero-order valence-electron chi connectivity index (χ0n) is 25.5. The van der Waals surface area contributed by atoms with Crippen LogP contribution >= 0.6 is 11.8 Å². The monoisotopic (exact) mass is 700 g/mol. The molecule has 2 aliphatic heterocycles. The van der Waals surface area contributed by atoms with Crippen molar-refractivity contribution in [2.24, 2.45) is 5.92 Å². The zero-order chi connectivity index (χ0) is 35.7. The fourth-order valence-electron chi connectivity index (χ4n) is 4.88. The van der Waals surface area contributed by atoms with Crippen molar-refractivity contribution in [3.63, 3.8) is 0 Å². The first-order chi connectivity index (χ1) is 23.3. The van der Waals surface area contributed by atoms with Crippen molar-refractivity contribution in [1.82, 2.24) is 10.2 Å². The number of carbonyl (C=O) groups is 5. The molecule has 18 nitrogen and oxygen atoms in total. The number of carbonyl (C=O) groups excluding carboxylic acids is 4. The molecule has 0 aromatic heterocycles. The zero-order valence-corrected chi connectivity index (χ0v) is 26.4. The van der Waals surface area contributed by atoms with Gasteiger partial charge < -0.3 is 34.3 Å². The highest BCUT2D eigenvalue weighted by molar-refractivity contribution is 8.05. The molecule has 258 valence electrons. The molecule has 2 aliphatic rings. The molecule has 1 fully saturated rings. The molecule has 0 radical (unpaired) electrons. The summed E-state index contributed by atoms with van der Waals surface area (Å²) in [6.07, 6.45) is -1.67. The third-order valence-corrected chi connectivity index (χ3v) is 8.13. The molecule has 0 bridgehead atoms. The van der Waals surface area contributed by atoms with Crippen molar-refractivity contribution >= 4 is 53.2 Å². The van der Waals surface area contributed by atoms with Crippen LogP contribution in [0.2, 0.25) is 0 Å². The summed E-state index contributed by atoms with van der Waals surface area (Å²) in [7, 11) is 0. The summed E-state index contributed by atoms with van der Waals surface area (Å²) in [5.74, 6) is -3.54. The van der Waals surface area contributed by atoms with Crippen LogP contribution in [0.1, 0.15) is 24.5 Å². The number of carboxylic acid groups (broad SMARTS) is 1. The van der Waals surface area contributed by atoms with Crippen LogP contribution in [-0.2, 0) is 46.5 Å². The Hall–Kier alpha value is -5.98. The number of ether oxygens (including phenoxy) is 4. The van der Waals surface area contributed by atoms with E-state index >= 15 is 0 Å². The van der Waals surface area contributed by atoms with Crippen molar-refractivity contribution in [3.05, 3.63) is 102 Å². The van der Waals surface area contributed by atoms with E-state index < -0.39 is 58.0 Å². The summed E-state index contributed by atoms with van der Waals surface area (Å²) >= 11 is 0.907. The normalized spacial score (nSPS) is 17.1. The Labute approximate surface area is 280 Å². The lowest BCUT2D eigenvalue weighted by Crippen LogP contribution is -2.62. The number of rotatable bonds is 15. The van der Waals surface area contributed by atoms with Gasteiger partial charge in [0, 0.05) is 41.7 Å². The maximum atomic E-state index is 12.9. The largest absolute Gasteiger partial charge is 0.508 e. The van der Waals surface area contributed by atoms with Crippen LogP contribution in [0.15, 0.2) is 70.6 Å². The molecule has 3 unspecified atom stereocenters. The number of non-ortho nitro benzene ring substituents is 2. The number of nitro benzene ring substituents is 2. The van der Waals surface area contributed by atoms with Gasteiger partial charge in [0.05, 0.1) is 28.4 Å². The number of nitro groups is 2. The fourth-order valence-corrected chi connectivity index (χ4v) is 5.78. The van der Waals surface area contributed by atoms with Crippen molar-refractivity contribution in [3.8, 4) is 0 Å². The number of aliphatic carboxylic acids is 1. The molecular formula is C30H28N4O14S. The van der Waals surface area contributed by atoms with Crippen LogP contribution in [0.4, 0.5) is 21.0 Å². The maximum Gasteiger partial charge on any atom is 0.508 e. The summed E-state index contributed by atoms with van der Waals surface area (Å²) in [5.41, 5.74) is 0.526. The van der Waals surface area contributed by atoms with Crippen LogP contribution in [0.25, 0.3) is 0 Å². The molecule has 2 heterocycles. The first-order valence-electron chi connectivity index (χ1n) is 14.4. The molecular weight excluding hydrogens is 672 g/mol. The predicted octanol–water partition coefficient (Wildman–Crippen LogP) is 3.79. The Bertz CT molecular complexity index is 1690. The van der Waals surface area contributed by atoms with E-state index in [4.69, 9.17) is 18.9 Å². The number of hydrogen-bond acceptors (Lipinski definition) is 14. The van der Waals surface area contributed by atoms with Crippen LogP contribution < -0.4 is 5.32 Å². The first-order valence-corrected chi connectivity index (χ1v) is 15.2. The molecule has 19 heteroatoms. The quantitative estimate of drug-likeness (QED) is 0.0510. The minimum atomic E-state index is -1.35. The second-order valence-corrected chi connectivity index (χ2v) is 11.4. The minimum Gasteiger partial charge on any atom is -0.477 e. The summed E-state index contributed by atoms with van der Waals surface area (Å²) in [4.78, 5) is 82.8. The van der Waals surface area contributed by atoms with Gasteiger partial charge in [-0.05, 0) is 47.7 Å². The third-order valence-electron chi connectivity index (χ3n) is 7.21. The predicted molar refractivity (Wildman–Crippen MR) is 166 cm³/mol. The van der Waals surface area contributed by atoms with Gasteiger partial charge in [-0.15, -0.1) is 0 Å². The van der Waals surface area contributed by atoms with Crippen molar-refractivity contribution in [2.75, 3.05) is 13.2 Å². The van der Waals surface area contributed by atoms with Gasteiger partial charge in [0.25, 0.3) is 11.4 Å². The maximum absolute atomic E-state index is 12.9. The van der Waals surface area contributed by atoms with Gasteiger partial charge in [0.1, 0.15) is 31.6 Å². The Morgan fingerprint density at radius 3 is 2.10 bits per heavy atom. The minimum absolute atomic E-state index is 0.0783. The Kier molecular flexibility index (Phi) is 11.9. The number of carboxylic acids is 1. The highest BCUT2D eigenvalue weighted by Gasteiger charge is 2.58. The number of fused-ring (bicyclic) bond motifs is 1. The number of amides is 2. The highest BCUT2D eigenvalue weighted by atomic mass is 32.2. The summed E-state index contributed by atoms with van der Waals surface area (Å²) in [6, 6.07) is 10.2. The van der Waals surface area contributed by atoms with Crippen molar-refractivity contribution in [1.29, 1.82) is 0 Å². The van der Waals surface area contributed by atoms with Crippen LogP contribution in [0.3, 0.4) is 0 Å². The lowest BCUT2D eigenvalue weighted by Gasteiger charge is -2.45. The second-order valence-electron chi connectivity index (χ2n) is 10.4. The van der Waals surface area contributed by atoms with E-state index in [1.807, 2.05) is 0 Å². The van der Waals surface area contributed by atoms with Gasteiger partial charge in [0.2, 0.25) is 5.91 Å². The average molecular weight is 701 g/mol. The number of thioether (sulfide) groups is 1. The van der Waals surface area contributed by atoms with Crippen LogP contribution in [0, 0.1) is 26.1 Å². The van der Waals surface area contributed by atoms with E-state index in [2.05, 4.69) is 5.32 Å². The van der Waals surface area contributed by atoms with Gasteiger partial charge in [-0.2, -0.15) is 0 Å². The van der Waals surface area contributed by atoms with Gasteiger partial charge in [-0.3, -0.25) is 25.0 Å². The van der Waals surface area contributed by atoms with Crippen molar-refractivity contribution < 1.29 is 57.9 Å². The van der Waals surface area contributed by atoms with E-state index in [9.17, 15) is 49.3 Å². The molecule has 0 aliphatic carbocycles. The number of nitrogens with one attached hydrogen (secondary N) is 1. The topological polar surface area (TPSA) is 244 Å². The second kappa shape index (κ2) is 16.2. The van der Waals surface area contributed by atoms with Gasteiger partial charge in [0.15, 0.2) is 0 Å². The van der Waals surface area contributed by atoms with E-state index in [0.717, 1.165) is 22.7 Å². The molecule has 2 aromatic carbocycles. The lowest BCUT2D eigenvalue weighted by atomic mass is 9.83. The molecule has 49 heavy (non-hydrogen) atoms. The van der Waals surface area contributed by atoms with Gasteiger partial charge in [-0.25, -0.2) is 19.2 Å². The molecule has 3 atom stereocenters. The first kappa shape index (κ1) is 35.9. The third kappa shape index (κ3) is 9.31. The lowest BCUT2D eigenvalue weighted by molar-refractivity contribution is -0.385. The number of esters is 1. The fraction of sp³-hybridized carbons (Fsp3) is 0.300. The smallest absolute Gasteiger partial charge is 0.477 e. The molecule has 2 aromatic rings. The Morgan fingerprint density at radius 1 is 0.980 bits per heavy atom. The Morgan fingerprint density at radius 2 is 1.55 bits per heavy atom. The molecule has 2 amide bonds. The molecule has 2 N–H and O–H groups in total. The van der Waals surface area contributed by atoms with Crippen LogP contribution in [-0.4, -0.2) is 75.2 Å². The van der Waals surface area contributed by atoms with Gasteiger partial charge >= 0.3 is 24.2 Å². The molecule has 0 spiro atoms. The molecule has 1 saturated heterocycles. The van der Waals surface area contributed by atoms with Crippen molar-refractivity contribution in [2.45, 2.75) is 38.7 Å². The van der Waals surface area contributed by atoms with E-state index in [-0.39, 0.29) is 49.9 Å². The summed E-state index contributed by atoms with van der Waals surface area (Å²) < 4.78 is 20.3. The van der Waals surface area contributed by atoms with E-state index in [0.29, 0.717) is 16.0 Å². The molecule has 4 rings (SSSR count). The number of alkyl carbamates (subject to hydrolysis) is 1. The number of benzene rings is 2. The number of hydrogen-bond donors (Lipinski definition) is 2. The number of β-lactam (4-membered cyclic amide) rings is 1. The van der Waals surface area contributed by atoms with E-state index in [1.165, 1.54) is 60.9 Å². The highest BCUT2D eigenvalue weighted by Crippen LogP contribution is 2.47. The van der Waals surface area contributed by atoms with E-state index in [1.54, 1.807) is 0 Å². The average Bonchev–Trinajstić information content (AvgIpc) is 3.39. The van der Waals surface area contributed by atoms with Crippen LogP contribution in [0.5, 0.6) is 0 Å². The summed E-state index contributed by atoms with van der Waals surface area (Å²) in [5, 5.41) is 34.9. The molecule has 0 saturated carbocycles. The SMILES string of the molecule is CC(OC(=O)OCc1ccc([N+](=O)[O-])cc1)C1C(=O)N2C(C(=O)O)=C(S/C=C\C(=O)OCCNC(=O)OCc3ccc([N+](=O)[O-])cc3)CC12. The number of nitrogens with zero attached hydrogens (tertiary/aromatic N) is 3. The standard InChI is InChI=1S/C30H28N4O14S/c1-17(48-30(40)47-16-19-4-8-21(9-5-19)34(43)44)25-22-14-23(26(28(37)38)32(22)27(25)36)49-13-10-24(35)45-12-11-31-29(39)46-15-18-2-6-20(7-3-18)33(41)42/h2-10,13,17,22,25H,11-12,14-16H2,1H3,(H,31,39)(H,37,38)/b13-10-. The summed E-state index contributed by atoms with van der Waals surface area (Å²) in [6.45, 7) is 0.830. The van der Waals surface area contributed by atoms with Gasteiger partial charge in [-0.1, -0.05) is 11.8 Å². The Balaban J connectivity index is 1.17.